The van der Waals surface area contributed by atoms with E-state index in [4.69, 9.17) is 9.47 Å². The largest absolute Gasteiger partial charge is 0.481 e. The number of nitrogens with zero attached hydrogens (tertiary/aromatic N) is 2. The summed E-state index contributed by atoms with van der Waals surface area (Å²) in [6.45, 7) is 0.902. The normalized spacial score (nSPS) is 15.6. The van der Waals surface area contributed by atoms with Gasteiger partial charge in [-0.3, -0.25) is 0 Å². The number of hydrogen-bond donors (Lipinski definition) is 0. The van der Waals surface area contributed by atoms with E-state index in [-0.39, 0.29) is 11.0 Å². The summed E-state index contributed by atoms with van der Waals surface area (Å²) in [6, 6.07) is 0. The Morgan fingerprint density at radius 2 is 2.12 bits per heavy atom. The third-order valence-electron chi connectivity index (χ3n) is 2.29. The lowest BCUT2D eigenvalue weighted by molar-refractivity contribution is 0.105. The van der Waals surface area contributed by atoms with E-state index in [0.717, 1.165) is 11.8 Å². The van der Waals surface area contributed by atoms with Crippen LogP contribution in [0, 0.1) is 0 Å². The number of sulfone groups is 1. The van der Waals surface area contributed by atoms with Crippen LogP contribution in [0.25, 0.3) is 0 Å². The molecule has 0 saturated heterocycles. The van der Waals surface area contributed by atoms with Crippen molar-refractivity contribution in [3.63, 3.8) is 0 Å². The van der Waals surface area contributed by atoms with Crippen molar-refractivity contribution in [2.24, 2.45) is 0 Å². The molecule has 0 aliphatic carbocycles. The molecule has 1 aliphatic rings. The molecule has 0 radical (unpaired) electrons. The van der Waals surface area contributed by atoms with Crippen LogP contribution in [-0.4, -0.2) is 38.4 Å². The van der Waals surface area contributed by atoms with E-state index >= 15 is 0 Å². The predicted octanol–water partition coefficient (Wildman–Crippen LogP) is -0.0386. The predicted molar refractivity (Wildman–Crippen MR) is 55.1 cm³/mol. The van der Waals surface area contributed by atoms with E-state index in [0.29, 0.717) is 25.3 Å². The maximum absolute atomic E-state index is 11.4. The van der Waals surface area contributed by atoms with Crippen molar-refractivity contribution >= 4 is 9.84 Å². The molecule has 2 heterocycles. The molecular formula is C9H12N2O4S. The summed E-state index contributed by atoms with van der Waals surface area (Å²) in [5.41, 5.74) is 1.43. The zero-order valence-corrected chi connectivity index (χ0v) is 9.87. The molecule has 16 heavy (non-hydrogen) atoms. The van der Waals surface area contributed by atoms with Gasteiger partial charge in [-0.25, -0.2) is 13.4 Å². The van der Waals surface area contributed by atoms with Gasteiger partial charge in [0.2, 0.25) is 20.9 Å². The summed E-state index contributed by atoms with van der Waals surface area (Å²) in [7, 11) is -1.96. The summed E-state index contributed by atoms with van der Waals surface area (Å²) in [6.07, 6.45) is 1.66. The summed E-state index contributed by atoms with van der Waals surface area (Å²) >= 11 is 0. The number of fused-ring (bicyclic) bond motifs is 1. The van der Waals surface area contributed by atoms with Gasteiger partial charge in [0.25, 0.3) is 0 Å². The molecule has 0 N–H and O–H groups in total. The quantitative estimate of drug-likeness (QED) is 0.679. The Morgan fingerprint density at radius 1 is 1.38 bits per heavy atom. The number of aromatic nitrogens is 2. The van der Waals surface area contributed by atoms with Crippen LogP contribution in [0.5, 0.6) is 5.88 Å². The fourth-order valence-electron chi connectivity index (χ4n) is 1.52. The number of hydrogen-bond acceptors (Lipinski definition) is 6. The molecule has 2 rings (SSSR count). The molecule has 0 amide bonds. The Balaban J connectivity index is 2.61. The van der Waals surface area contributed by atoms with Crippen LogP contribution in [-0.2, 0) is 27.6 Å². The summed E-state index contributed by atoms with van der Waals surface area (Å²) in [4.78, 5) is 7.91. The molecule has 0 atom stereocenters. The molecule has 0 aromatic carbocycles. The van der Waals surface area contributed by atoms with Crippen molar-refractivity contribution in [1.82, 2.24) is 9.97 Å². The lowest BCUT2D eigenvalue weighted by Gasteiger charge is -2.17. The minimum atomic E-state index is -3.41. The third kappa shape index (κ3) is 2.00. The van der Waals surface area contributed by atoms with Gasteiger partial charge in [-0.1, -0.05) is 0 Å². The van der Waals surface area contributed by atoms with E-state index in [1.54, 1.807) is 0 Å². The number of methoxy groups -OCH3 is 1. The van der Waals surface area contributed by atoms with Gasteiger partial charge >= 0.3 is 0 Å². The molecule has 0 fully saturated rings. The van der Waals surface area contributed by atoms with Crippen molar-refractivity contribution in [2.75, 3.05) is 20.0 Å². The van der Waals surface area contributed by atoms with Gasteiger partial charge in [0.05, 0.1) is 31.6 Å². The second-order valence-electron chi connectivity index (χ2n) is 3.52. The van der Waals surface area contributed by atoms with Crippen molar-refractivity contribution < 1.29 is 17.9 Å². The zero-order valence-electron chi connectivity index (χ0n) is 9.06. The number of ether oxygens (including phenoxy) is 2. The second-order valence-corrected chi connectivity index (χ2v) is 5.42. The van der Waals surface area contributed by atoms with Gasteiger partial charge in [0, 0.05) is 12.7 Å². The molecule has 0 unspecified atom stereocenters. The smallest absolute Gasteiger partial charge is 0.250 e. The molecule has 88 valence electrons. The van der Waals surface area contributed by atoms with E-state index in [9.17, 15) is 8.42 Å². The minimum absolute atomic E-state index is 0.190. The average molecular weight is 244 g/mol. The van der Waals surface area contributed by atoms with Crippen LogP contribution < -0.4 is 4.74 Å². The van der Waals surface area contributed by atoms with Gasteiger partial charge in [-0.05, 0) is 0 Å². The fourth-order valence-corrected chi connectivity index (χ4v) is 2.04. The van der Waals surface area contributed by atoms with Gasteiger partial charge < -0.3 is 9.47 Å². The zero-order chi connectivity index (χ0) is 11.8. The van der Waals surface area contributed by atoms with Crippen molar-refractivity contribution in [3.05, 3.63) is 11.3 Å². The summed E-state index contributed by atoms with van der Waals surface area (Å²) < 4.78 is 33.1. The fraction of sp³-hybridized carbons (Fsp3) is 0.556. The lowest BCUT2D eigenvalue weighted by Crippen LogP contribution is -2.17. The van der Waals surface area contributed by atoms with Crippen molar-refractivity contribution in [2.45, 2.75) is 18.2 Å². The molecule has 6 nitrogen and oxygen atoms in total. The minimum Gasteiger partial charge on any atom is -0.481 e. The first kappa shape index (κ1) is 11.3. The highest BCUT2D eigenvalue weighted by molar-refractivity contribution is 7.90. The number of rotatable bonds is 2. The van der Waals surface area contributed by atoms with Crippen LogP contribution in [0.1, 0.15) is 11.3 Å². The van der Waals surface area contributed by atoms with Crippen molar-refractivity contribution in [3.8, 4) is 5.88 Å². The molecule has 7 heteroatoms. The van der Waals surface area contributed by atoms with Crippen LogP contribution in [0.15, 0.2) is 5.16 Å². The Morgan fingerprint density at radius 3 is 2.75 bits per heavy atom. The summed E-state index contributed by atoms with van der Waals surface area (Å²) in [5.74, 6) is 0.283. The first-order valence-corrected chi connectivity index (χ1v) is 6.63. The topological polar surface area (TPSA) is 78.4 Å². The molecule has 0 bridgehead atoms. The molecule has 0 spiro atoms. The second kappa shape index (κ2) is 3.99. The maximum Gasteiger partial charge on any atom is 0.250 e. The van der Waals surface area contributed by atoms with Gasteiger partial charge in [0.15, 0.2) is 0 Å². The van der Waals surface area contributed by atoms with E-state index in [2.05, 4.69) is 9.97 Å². The first-order chi connectivity index (χ1) is 7.52. The standard InChI is InChI=1S/C9H12N2O4S/c1-14-8-6-5-15-4-3-7(6)10-9(11-8)16(2,12)13/h3-5H2,1-2H3. The lowest BCUT2D eigenvalue weighted by atomic mass is 10.1. The van der Waals surface area contributed by atoms with Crippen LogP contribution >= 0.6 is 0 Å². The average Bonchev–Trinajstić information content (AvgIpc) is 2.26. The van der Waals surface area contributed by atoms with Crippen LogP contribution in [0.3, 0.4) is 0 Å². The van der Waals surface area contributed by atoms with Gasteiger partial charge in [0.1, 0.15) is 0 Å². The van der Waals surface area contributed by atoms with Crippen LogP contribution in [0.4, 0.5) is 0 Å². The van der Waals surface area contributed by atoms with Gasteiger partial charge in [-0.15, -0.1) is 0 Å². The summed E-state index contributed by atoms with van der Waals surface area (Å²) in [5, 5.41) is -0.190. The molecule has 1 aliphatic heterocycles. The molecule has 1 aromatic heterocycles. The van der Waals surface area contributed by atoms with E-state index < -0.39 is 9.84 Å². The highest BCUT2D eigenvalue weighted by atomic mass is 32.2. The Bertz CT molecular complexity index is 495. The Hall–Kier alpha value is -1.21. The third-order valence-corrected chi connectivity index (χ3v) is 3.13. The Kier molecular flexibility index (Phi) is 2.81. The monoisotopic (exact) mass is 244 g/mol. The maximum atomic E-state index is 11.4. The van der Waals surface area contributed by atoms with Gasteiger partial charge in [-0.2, -0.15) is 4.98 Å². The SMILES string of the molecule is COc1nc(S(C)(=O)=O)nc2c1COCC2. The van der Waals surface area contributed by atoms with Crippen molar-refractivity contribution in [1.29, 1.82) is 0 Å². The highest BCUT2D eigenvalue weighted by Gasteiger charge is 2.22. The van der Waals surface area contributed by atoms with E-state index in [1.165, 1.54) is 7.11 Å². The molecule has 1 aromatic rings. The first-order valence-electron chi connectivity index (χ1n) is 4.74. The van der Waals surface area contributed by atoms with E-state index in [1.807, 2.05) is 0 Å². The molecule has 0 saturated carbocycles. The highest BCUT2D eigenvalue weighted by Crippen LogP contribution is 2.24. The molecular weight excluding hydrogens is 232 g/mol. The Labute approximate surface area is 93.5 Å². The van der Waals surface area contributed by atoms with Crippen LogP contribution in [0.2, 0.25) is 0 Å².